The molecule has 0 unspecified atom stereocenters. The van der Waals surface area contributed by atoms with Crippen molar-refractivity contribution in [3.63, 3.8) is 0 Å². The Kier molecular flexibility index (Phi) is 8.55. The van der Waals surface area contributed by atoms with E-state index in [1.807, 2.05) is 13.8 Å². The van der Waals surface area contributed by atoms with E-state index in [0.29, 0.717) is 25.9 Å². The van der Waals surface area contributed by atoms with Crippen LogP contribution in [0.4, 0.5) is 0 Å². The van der Waals surface area contributed by atoms with Gasteiger partial charge in [0.25, 0.3) is 0 Å². The lowest BCUT2D eigenvalue weighted by Crippen LogP contribution is -2.37. The summed E-state index contributed by atoms with van der Waals surface area (Å²) >= 11 is 0. The Morgan fingerprint density at radius 1 is 1.38 bits per heavy atom. The molecule has 0 atom stereocenters. The van der Waals surface area contributed by atoms with Crippen molar-refractivity contribution in [3.8, 4) is 6.07 Å². The molecule has 2 N–H and O–H groups in total. The second-order valence-corrected chi connectivity index (χ2v) is 4.19. The molecule has 0 spiro atoms. The summed E-state index contributed by atoms with van der Waals surface area (Å²) < 4.78 is 0. The van der Waals surface area contributed by atoms with Crippen LogP contribution in [0.25, 0.3) is 0 Å². The molecule has 92 valence electrons. The van der Waals surface area contributed by atoms with E-state index in [0.717, 1.165) is 19.3 Å². The summed E-state index contributed by atoms with van der Waals surface area (Å²) in [5.41, 5.74) is 5.39. The number of nitrogens with zero attached hydrogens (tertiary/aromatic N) is 2. The number of nitriles is 1. The first-order chi connectivity index (χ1) is 7.63. The van der Waals surface area contributed by atoms with E-state index in [9.17, 15) is 4.79 Å². The van der Waals surface area contributed by atoms with Gasteiger partial charge in [-0.25, -0.2) is 0 Å². The summed E-state index contributed by atoms with van der Waals surface area (Å²) in [5, 5.41) is 8.52. The van der Waals surface area contributed by atoms with Gasteiger partial charge in [0, 0.05) is 19.0 Å². The predicted molar refractivity (Wildman–Crippen MR) is 64.6 cm³/mol. The van der Waals surface area contributed by atoms with Crippen LogP contribution in [0.1, 0.15) is 46.0 Å². The lowest BCUT2D eigenvalue weighted by atomic mass is 10.1. The highest BCUT2D eigenvalue weighted by Gasteiger charge is 2.15. The average Bonchev–Trinajstić information content (AvgIpc) is 2.24. The number of unbranched alkanes of at least 4 members (excludes halogenated alkanes) is 2. The first-order valence-corrected chi connectivity index (χ1v) is 6.00. The van der Waals surface area contributed by atoms with Gasteiger partial charge in [-0.1, -0.05) is 6.42 Å². The summed E-state index contributed by atoms with van der Waals surface area (Å²) in [5.74, 6) is 0.155. The van der Waals surface area contributed by atoms with Crippen molar-refractivity contribution >= 4 is 5.91 Å². The SMILES string of the molecule is CC(C)N(CCC#N)C(=O)CCCCCN. The number of nitrogens with two attached hydrogens (primary N) is 1. The van der Waals surface area contributed by atoms with E-state index in [4.69, 9.17) is 11.0 Å². The molecule has 4 heteroatoms. The molecule has 16 heavy (non-hydrogen) atoms. The number of hydrogen-bond acceptors (Lipinski definition) is 3. The van der Waals surface area contributed by atoms with Gasteiger partial charge < -0.3 is 10.6 Å². The minimum absolute atomic E-state index is 0.155. The molecule has 0 aromatic carbocycles. The number of carbonyl (C=O) groups excluding carboxylic acids is 1. The van der Waals surface area contributed by atoms with Gasteiger partial charge in [-0.3, -0.25) is 4.79 Å². The van der Waals surface area contributed by atoms with Gasteiger partial charge in [-0.2, -0.15) is 5.26 Å². The van der Waals surface area contributed by atoms with Crippen molar-refractivity contribution in [2.75, 3.05) is 13.1 Å². The Morgan fingerprint density at radius 2 is 2.06 bits per heavy atom. The van der Waals surface area contributed by atoms with Crippen LogP contribution in [0.15, 0.2) is 0 Å². The fourth-order valence-electron chi connectivity index (χ4n) is 1.58. The van der Waals surface area contributed by atoms with Crippen LogP contribution in [-0.4, -0.2) is 29.9 Å². The minimum atomic E-state index is 0.155. The molecule has 0 radical (unpaired) electrons. The maximum atomic E-state index is 11.8. The highest BCUT2D eigenvalue weighted by atomic mass is 16.2. The lowest BCUT2D eigenvalue weighted by Gasteiger charge is -2.25. The van der Waals surface area contributed by atoms with Crippen LogP contribution in [0, 0.1) is 11.3 Å². The zero-order chi connectivity index (χ0) is 12.4. The Labute approximate surface area is 98.4 Å². The standard InChI is InChI=1S/C12H23N3O/c1-11(2)15(10-6-9-14)12(16)7-4-3-5-8-13/h11H,3-8,10,13H2,1-2H3. The summed E-state index contributed by atoms with van der Waals surface area (Å²) in [6, 6.07) is 2.25. The molecular formula is C12H23N3O. The van der Waals surface area contributed by atoms with Gasteiger partial charge in [-0.05, 0) is 33.2 Å². The van der Waals surface area contributed by atoms with Crippen LogP contribution in [0.5, 0.6) is 0 Å². The second kappa shape index (κ2) is 9.17. The number of amides is 1. The molecule has 0 aromatic heterocycles. The molecule has 0 bridgehead atoms. The second-order valence-electron chi connectivity index (χ2n) is 4.19. The van der Waals surface area contributed by atoms with Crippen LogP contribution in [0.2, 0.25) is 0 Å². The lowest BCUT2D eigenvalue weighted by molar-refractivity contribution is -0.132. The molecule has 0 saturated heterocycles. The first kappa shape index (κ1) is 14.9. The van der Waals surface area contributed by atoms with E-state index in [1.54, 1.807) is 4.90 Å². The molecule has 0 rings (SSSR count). The van der Waals surface area contributed by atoms with Gasteiger partial charge in [0.15, 0.2) is 0 Å². The Hall–Kier alpha value is -1.08. The third-order valence-electron chi connectivity index (χ3n) is 2.50. The van der Waals surface area contributed by atoms with Crippen molar-refractivity contribution in [2.45, 2.75) is 52.0 Å². The third kappa shape index (κ3) is 6.41. The Balaban J connectivity index is 3.93. The largest absolute Gasteiger partial charge is 0.339 e. The molecule has 0 aliphatic rings. The molecule has 0 aliphatic carbocycles. The fourth-order valence-corrected chi connectivity index (χ4v) is 1.58. The Bertz CT molecular complexity index is 233. The summed E-state index contributed by atoms with van der Waals surface area (Å²) in [7, 11) is 0. The van der Waals surface area contributed by atoms with E-state index in [2.05, 4.69) is 6.07 Å². The quantitative estimate of drug-likeness (QED) is 0.639. The van der Waals surface area contributed by atoms with Crippen LogP contribution < -0.4 is 5.73 Å². The molecule has 0 aromatic rings. The molecule has 1 amide bonds. The van der Waals surface area contributed by atoms with Crippen molar-refractivity contribution in [2.24, 2.45) is 5.73 Å². The average molecular weight is 225 g/mol. The smallest absolute Gasteiger partial charge is 0.222 e. The van der Waals surface area contributed by atoms with Crippen molar-refractivity contribution in [1.29, 1.82) is 5.26 Å². The monoisotopic (exact) mass is 225 g/mol. The number of carbonyl (C=O) groups is 1. The molecule has 0 heterocycles. The van der Waals surface area contributed by atoms with Crippen LogP contribution >= 0.6 is 0 Å². The summed E-state index contributed by atoms with van der Waals surface area (Å²) in [6.45, 7) is 5.20. The fraction of sp³-hybridized carbons (Fsp3) is 0.833. The highest BCUT2D eigenvalue weighted by molar-refractivity contribution is 5.76. The number of rotatable bonds is 8. The predicted octanol–water partition coefficient (Wildman–Crippen LogP) is 1.66. The molecular weight excluding hydrogens is 202 g/mol. The molecule has 0 saturated carbocycles. The minimum Gasteiger partial charge on any atom is -0.339 e. The van der Waals surface area contributed by atoms with Crippen molar-refractivity contribution < 1.29 is 4.79 Å². The topological polar surface area (TPSA) is 70.1 Å². The van der Waals surface area contributed by atoms with Crippen LogP contribution in [-0.2, 0) is 4.79 Å². The van der Waals surface area contributed by atoms with E-state index >= 15 is 0 Å². The zero-order valence-corrected chi connectivity index (χ0v) is 10.4. The van der Waals surface area contributed by atoms with Crippen molar-refractivity contribution in [1.82, 2.24) is 4.90 Å². The number of hydrogen-bond donors (Lipinski definition) is 1. The summed E-state index contributed by atoms with van der Waals surface area (Å²) in [4.78, 5) is 13.6. The van der Waals surface area contributed by atoms with E-state index < -0.39 is 0 Å². The van der Waals surface area contributed by atoms with Crippen LogP contribution in [0.3, 0.4) is 0 Å². The normalized spacial score (nSPS) is 10.2. The highest BCUT2D eigenvalue weighted by Crippen LogP contribution is 2.07. The van der Waals surface area contributed by atoms with Gasteiger partial charge in [0.05, 0.1) is 12.5 Å². The van der Waals surface area contributed by atoms with E-state index in [1.165, 1.54) is 0 Å². The van der Waals surface area contributed by atoms with Gasteiger partial charge in [0.1, 0.15) is 0 Å². The van der Waals surface area contributed by atoms with Crippen molar-refractivity contribution in [3.05, 3.63) is 0 Å². The molecule has 0 aliphatic heterocycles. The maximum Gasteiger partial charge on any atom is 0.222 e. The molecule has 0 fully saturated rings. The van der Waals surface area contributed by atoms with Gasteiger partial charge >= 0.3 is 0 Å². The molecule has 4 nitrogen and oxygen atoms in total. The third-order valence-corrected chi connectivity index (χ3v) is 2.50. The zero-order valence-electron chi connectivity index (χ0n) is 10.4. The van der Waals surface area contributed by atoms with Gasteiger partial charge in [-0.15, -0.1) is 0 Å². The summed E-state index contributed by atoms with van der Waals surface area (Å²) in [6.07, 6.45) is 3.86. The maximum absolute atomic E-state index is 11.8. The Morgan fingerprint density at radius 3 is 2.56 bits per heavy atom. The van der Waals surface area contributed by atoms with Gasteiger partial charge in [0.2, 0.25) is 5.91 Å². The van der Waals surface area contributed by atoms with E-state index in [-0.39, 0.29) is 11.9 Å². The first-order valence-electron chi connectivity index (χ1n) is 6.00.